The van der Waals surface area contributed by atoms with Crippen molar-refractivity contribution in [2.45, 2.75) is 25.7 Å². The van der Waals surface area contributed by atoms with E-state index in [1.54, 1.807) is 0 Å². The van der Waals surface area contributed by atoms with Gasteiger partial charge in [-0.3, -0.25) is 0 Å². The summed E-state index contributed by atoms with van der Waals surface area (Å²) >= 11 is 0. The second-order valence-corrected chi connectivity index (χ2v) is 6.32. The number of aromatic amines is 2. The predicted molar refractivity (Wildman–Crippen MR) is 63.7 cm³/mol. The van der Waals surface area contributed by atoms with Crippen LogP contribution in [0.2, 0.25) is 0 Å². The molecular weight excluding hydrogens is 272 g/mol. The van der Waals surface area contributed by atoms with Crippen LogP contribution in [0.25, 0.3) is 0 Å². The Morgan fingerprint density at radius 1 is 0.842 bits per heavy atom. The Morgan fingerprint density at radius 2 is 1.32 bits per heavy atom. The van der Waals surface area contributed by atoms with Gasteiger partial charge in [0.2, 0.25) is 0 Å². The Morgan fingerprint density at radius 3 is 1.68 bits per heavy atom. The molecule has 2 rings (SSSR count). The average molecular weight is 286 g/mol. The van der Waals surface area contributed by atoms with Crippen LogP contribution in [0.1, 0.15) is 24.5 Å². The number of sulfone groups is 1. The molecular formula is C8H14N8O2S. The molecule has 0 unspecified atom stereocenters. The van der Waals surface area contributed by atoms with Crippen LogP contribution in [0.5, 0.6) is 0 Å². The Kier molecular flexibility index (Phi) is 4.49. The molecule has 0 aliphatic heterocycles. The molecule has 2 aromatic heterocycles. The SMILES string of the molecule is O=S(=O)(CCCc1nn[nH]n1)CCCc1nn[nH]n1. The number of nitrogens with zero attached hydrogens (tertiary/aromatic N) is 6. The molecule has 0 fully saturated rings. The van der Waals surface area contributed by atoms with E-state index in [0.29, 0.717) is 37.3 Å². The molecule has 0 radical (unpaired) electrons. The molecule has 0 spiro atoms. The Bertz CT molecular complexity index is 518. The van der Waals surface area contributed by atoms with Crippen molar-refractivity contribution in [2.75, 3.05) is 11.5 Å². The molecule has 10 nitrogen and oxygen atoms in total. The lowest BCUT2D eigenvalue weighted by Crippen LogP contribution is -2.13. The van der Waals surface area contributed by atoms with Gasteiger partial charge in [0.05, 0.1) is 11.5 Å². The first-order chi connectivity index (χ1) is 9.16. The van der Waals surface area contributed by atoms with Gasteiger partial charge in [-0.2, -0.15) is 10.4 Å². The minimum Gasteiger partial charge on any atom is -0.229 e. The molecule has 0 bridgehead atoms. The standard InChI is InChI=1S/C8H14N8O2S/c17-19(18,5-1-3-7-9-13-14-10-7)6-2-4-8-11-15-16-12-8/h1-6H2,(H,9,10,13,14)(H,11,12,15,16). The van der Waals surface area contributed by atoms with Crippen LogP contribution in [0.15, 0.2) is 0 Å². The highest BCUT2D eigenvalue weighted by molar-refractivity contribution is 7.91. The third-order valence-corrected chi connectivity index (χ3v) is 4.31. The van der Waals surface area contributed by atoms with Crippen LogP contribution in [-0.2, 0) is 22.7 Å². The van der Waals surface area contributed by atoms with Crippen LogP contribution in [0.3, 0.4) is 0 Å². The van der Waals surface area contributed by atoms with E-state index in [2.05, 4.69) is 41.2 Å². The normalized spacial score (nSPS) is 11.8. The molecule has 0 aliphatic carbocycles. The number of H-pyrrole nitrogens is 2. The van der Waals surface area contributed by atoms with Crippen LogP contribution in [0, 0.1) is 0 Å². The number of hydrogen-bond acceptors (Lipinski definition) is 8. The number of aryl methyl sites for hydroxylation is 2. The lowest BCUT2D eigenvalue weighted by Gasteiger charge is -2.01. The Labute approximate surface area is 109 Å². The minimum absolute atomic E-state index is 0.119. The summed E-state index contributed by atoms with van der Waals surface area (Å²) in [5.41, 5.74) is 0. The molecule has 0 atom stereocenters. The fourth-order valence-electron chi connectivity index (χ4n) is 1.58. The minimum atomic E-state index is -3.06. The third-order valence-electron chi connectivity index (χ3n) is 2.49. The highest BCUT2D eigenvalue weighted by Crippen LogP contribution is 2.02. The van der Waals surface area contributed by atoms with Gasteiger partial charge in [-0.05, 0) is 12.8 Å². The molecule has 2 aromatic rings. The molecule has 0 saturated carbocycles. The molecule has 19 heavy (non-hydrogen) atoms. The molecule has 0 aliphatic rings. The van der Waals surface area contributed by atoms with Crippen molar-refractivity contribution in [3.8, 4) is 0 Å². The van der Waals surface area contributed by atoms with Crippen LogP contribution in [-0.4, -0.2) is 61.2 Å². The quantitative estimate of drug-likeness (QED) is 0.609. The van der Waals surface area contributed by atoms with E-state index in [1.807, 2.05) is 0 Å². The molecule has 2 N–H and O–H groups in total. The van der Waals surface area contributed by atoms with E-state index in [0.717, 1.165) is 0 Å². The maximum absolute atomic E-state index is 11.8. The fourth-order valence-corrected chi connectivity index (χ4v) is 2.95. The van der Waals surface area contributed by atoms with Gasteiger partial charge in [-0.15, -0.1) is 20.4 Å². The topological polar surface area (TPSA) is 143 Å². The number of tetrazole rings is 2. The zero-order valence-corrected chi connectivity index (χ0v) is 11.0. The molecule has 11 heteroatoms. The van der Waals surface area contributed by atoms with Crippen molar-refractivity contribution in [1.29, 1.82) is 0 Å². The number of rotatable bonds is 8. The zero-order chi connectivity index (χ0) is 13.6. The monoisotopic (exact) mass is 286 g/mol. The van der Waals surface area contributed by atoms with Gasteiger partial charge in [0.15, 0.2) is 11.6 Å². The lowest BCUT2D eigenvalue weighted by molar-refractivity contribution is 0.589. The Hall–Kier alpha value is -1.91. The highest BCUT2D eigenvalue weighted by atomic mass is 32.2. The maximum atomic E-state index is 11.8. The highest BCUT2D eigenvalue weighted by Gasteiger charge is 2.12. The summed E-state index contributed by atoms with van der Waals surface area (Å²) in [6, 6.07) is 0. The summed E-state index contributed by atoms with van der Waals surface area (Å²) in [7, 11) is -3.06. The molecule has 2 heterocycles. The summed E-state index contributed by atoms with van der Waals surface area (Å²) in [4.78, 5) is 0. The molecule has 0 amide bonds. The maximum Gasteiger partial charge on any atom is 0.174 e. The average Bonchev–Trinajstić information content (AvgIpc) is 3.01. The van der Waals surface area contributed by atoms with E-state index in [4.69, 9.17) is 0 Å². The summed E-state index contributed by atoms with van der Waals surface area (Å²) in [6.07, 6.45) is 1.98. The van der Waals surface area contributed by atoms with Crippen molar-refractivity contribution < 1.29 is 8.42 Å². The second-order valence-electron chi connectivity index (χ2n) is 4.01. The first kappa shape index (κ1) is 13.5. The third kappa shape index (κ3) is 4.69. The zero-order valence-electron chi connectivity index (χ0n) is 10.2. The van der Waals surface area contributed by atoms with Gasteiger partial charge in [0.25, 0.3) is 0 Å². The van der Waals surface area contributed by atoms with Crippen LogP contribution in [0.4, 0.5) is 0 Å². The predicted octanol–water partition coefficient (Wildman–Crippen LogP) is -1.31. The molecule has 104 valence electrons. The van der Waals surface area contributed by atoms with E-state index < -0.39 is 9.84 Å². The first-order valence-electron chi connectivity index (χ1n) is 5.81. The van der Waals surface area contributed by atoms with E-state index in [1.165, 1.54) is 0 Å². The van der Waals surface area contributed by atoms with Crippen molar-refractivity contribution in [2.24, 2.45) is 0 Å². The number of nitrogens with one attached hydrogen (secondary N) is 2. The van der Waals surface area contributed by atoms with Gasteiger partial charge in [0, 0.05) is 12.8 Å². The molecule has 0 aromatic carbocycles. The van der Waals surface area contributed by atoms with E-state index in [-0.39, 0.29) is 11.5 Å². The largest absolute Gasteiger partial charge is 0.229 e. The van der Waals surface area contributed by atoms with E-state index >= 15 is 0 Å². The van der Waals surface area contributed by atoms with Gasteiger partial charge >= 0.3 is 0 Å². The lowest BCUT2D eigenvalue weighted by atomic mass is 10.3. The van der Waals surface area contributed by atoms with Gasteiger partial charge in [-0.1, -0.05) is 10.4 Å². The molecule has 0 saturated heterocycles. The fraction of sp³-hybridized carbons (Fsp3) is 0.750. The van der Waals surface area contributed by atoms with Gasteiger partial charge < -0.3 is 0 Å². The van der Waals surface area contributed by atoms with Crippen LogP contribution < -0.4 is 0 Å². The summed E-state index contributed by atoms with van der Waals surface area (Å²) in [5.74, 6) is 1.30. The Balaban J connectivity index is 1.66. The van der Waals surface area contributed by atoms with Crippen molar-refractivity contribution in [3.05, 3.63) is 11.6 Å². The summed E-state index contributed by atoms with van der Waals surface area (Å²) in [5, 5.41) is 26.5. The summed E-state index contributed by atoms with van der Waals surface area (Å²) in [6.45, 7) is 0. The van der Waals surface area contributed by atoms with Gasteiger partial charge in [0.1, 0.15) is 9.84 Å². The smallest absolute Gasteiger partial charge is 0.174 e. The van der Waals surface area contributed by atoms with Crippen molar-refractivity contribution in [1.82, 2.24) is 41.2 Å². The first-order valence-corrected chi connectivity index (χ1v) is 7.63. The summed E-state index contributed by atoms with van der Waals surface area (Å²) < 4.78 is 23.5. The number of hydrogen-bond donors (Lipinski definition) is 2. The van der Waals surface area contributed by atoms with Crippen LogP contribution >= 0.6 is 0 Å². The van der Waals surface area contributed by atoms with Crippen molar-refractivity contribution >= 4 is 9.84 Å². The second kappa shape index (κ2) is 6.31. The van der Waals surface area contributed by atoms with Gasteiger partial charge in [-0.25, -0.2) is 8.42 Å². The van der Waals surface area contributed by atoms with E-state index in [9.17, 15) is 8.42 Å². The van der Waals surface area contributed by atoms with Crippen molar-refractivity contribution in [3.63, 3.8) is 0 Å². The number of aromatic nitrogens is 8.